The standard InChI is InChI=1S/C9H13N3O/c1-2-9(13)12-4-3-8-5-10-7-11-6-8/h5-7H,2-4H2,1H3,(H,12,13). The van der Waals surface area contributed by atoms with E-state index in [1.165, 1.54) is 6.33 Å². The summed E-state index contributed by atoms with van der Waals surface area (Å²) in [6.07, 6.45) is 6.32. The Morgan fingerprint density at radius 3 is 2.77 bits per heavy atom. The van der Waals surface area contributed by atoms with Crippen molar-refractivity contribution in [3.8, 4) is 0 Å². The molecule has 13 heavy (non-hydrogen) atoms. The van der Waals surface area contributed by atoms with E-state index in [0.29, 0.717) is 13.0 Å². The van der Waals surface area contributed by atoms with Crippen molar-refractivity contribution in [2.45, 2.75) is 19.8 Å². The number of rotatable bonds is 4. The van der Waals surface area contributed by atoms with E-state index in [1.54, 1.807) is 12.4 Å². The Morgan fingerprint density at radius 2 is 2.15 bits per heavy atom. The molecule has 1 rings (SSSR count). The molecule has 0 saturated heterocycles. The third-order valence-electron chi connectivity index (χ3n) is 1.67. The molecule has 0 atom stereocenters. The van der Waals surface area contributed by atoms with Gasteiger partial charge in [-0.15, -0.1) is 0 Å². The van der Waals surface area contributed by atoms with E-state index < -0.39 is 0 Å². The number of nitrogens with one attached hydrogen (secondary N) is 1. The van der Waals surface area contributed by atoms with Crippen LogP contribution in [0.2, 0.25) is 0 Å². The summed E-state index contributed by atoms with van der Waals surface area (Å²) in [4.78, 5) is 18.6. The highest BCUT2D eigenvalue weighted by atomic mass is 16.1. The van der Waals surface area contributed by atoms with E-state index in [2.05, 4.69) is 15.3 Å². The van der Waals surface area contributed by atoms with Crippen LogP contribution in [0.5, 0.6) is 0 Å². The highest BCUT2D eigenvalue weighted by Gasteiger charge is 1.96. The average molecular weight is 179 g/mol. The van der Waals surface area contributed by atoms with Gasteiger partial charge in [-0.05, 0) is 12.0 Å². The molecule has 0 saturated carbocycles. The Morgan fingerprint density at radius 1 is 1.46 bits per heavy atom. The SMILES string of the molecule is CCC(=O)NCCc1cncnc1. The van der Waals surface area contributed by atoms with Crippen LogP contribution in [0, 0.1) is 0 Å². The molecule has 0 aliphatic heterocycles. The minimum Gasteiger partial charge on any atom is -0.356 e. The molecule has 0 aromatic carbocycles. The monoisotopic (exact) mass is 179 g/mol. The summed E-state index contributed by atoms with van der Waals surface area (Å²) < 4.78 is 0. The second-order valence-corrected chi connectivity index (χ2v) is 2.70. The molecule has 4 heteroatoms. The highest BCUT2D eigenvalue weighted by molar-refractivity contribution is 5.75. The van der Waals surface area contributed by atoms with Crippen LogP contribution >= 0.6 is 0 Å². The minimum atomic E-state index is 0.0804. The molecule has 1 N–H and O–H groups in total. The zero-order chi connectivity index (χ0) is 9.52. The van der Waals surface area contributed by atoms with Gasteiger partial charge in [-0.25, -0.2) is 9.97 Å². The number of hydrogen-bond donors (Lipinski definition) is 1. The maximum Gasteiger partial charge on any atom is 0.219 e. The summed E-state index contributed by atoms with van der Waals surface area (Å²) in [6, 6.07) is 0. The van der Waals surface area contributed by atoms with Crippen molar-refractivity contribution in [1.82, 2.24) is 15.3 Å². The van der Waals surface area contributed by atoms with Crippen molar-refractivity contribution in [1.29, 1.82) is 0 Å². The average Bonchev–Trinajstić information content (AvgIpc) is 2.19. The summed E-state index contributed by atoms with van der Waals surface area (Å²) in [7, 11) is 0. The van der Waals surface area contributed by atoms with Crippen LogP contribution in [-0.4, -0.2) is 22.4 Å². The number of carbonyl (C=O) groups is 1. The number of amides is 1. The van der Waals surface area contributed by atoms with Crippen molar-refractivity contribution in [3.63, 3.8) is 0 Å². The van der Waals surface area contributed by atoms with Gasteiger partial charge in [0.25, 0.3) is 0 Å². The Bertz CT molecular complexity index is 261. The third kappa shape index (κ3) is 3.64. The summed E-state index contributed by atoms with van der Waals surface area (Å²) in [6.45, 7) is 2.49. The molecule has 1 aromatic rings. The summed E-state index contributed by atoms with van der Waals surface area (Å²) in [5, 5.41) is 2.79. The Kier molecular flexibility index (Phi) is 3.88. The molecule has 4 nitrogen and oxygen atoms in total. The molecule has 1 aromatic heterocycles. The van der Waals surface area contributed by atoms with Crippen molar-refractivity contribution in [2.75, 3.05) is 6.54 Å². The van der Waals surface area contributed by atoms with Gasteiger partial charge in [0.2, 0.25) is 5.91 Å². The lowest BCUT2D eigenvalue weighted by atomic mass is 10.2. The second kappa shape index (κ2) is 5.24. The quantitative estimate of drug-likeness (QED) is 0.734. The zero-order valence-electron chi connectivity index (χ0n) is 7.66. The van der Waals surface area contributed by atoms with Gasteiger partial charge in [0.15, 0.2) is 0 Å². The van der Waals surface area contributed by atoms with Crippen molar-refractivity contribution in [2.24, 2.45) is 0 Å². The first-order chi connectivity index (χ1) is 6.33. The van der Waals surface area contributed by atoms with E-state index in [4.69, 9.17) is 0 Å². The fourth-order valence-electron chi connectivity index (χ4n) is 0.930. The molecule has 0 fully saturated rings. The van der Waals surface area contributed by atoms with Crippen LogP contribution in [0.3, 0.4) is 0 Å². The molecule has 0 unspecified atom stereocenters. The zero-order valence-corrected chi connectivity index (χ0v) is 7.66. The summed E-state index contributed by atoms with van der Waals surface area (Å²) in [5.74, 6) is 0.0804. The molecular weight excluding hydrogens is 166 g/mol. The largest absolute Gasteiger partial charge is 0.356 e. The topological polar surface area (TPSA) is 54.9 Å². The fraction of sp³-hybridized carbons (Fsp3) is 0.444. The maximum absolute atomic E-state index is 10.9. The van der Waals surface area contributed by atoms with Crippen LogP contribution in [0.15, 0.2) is 18.7 Å². The molecule has 70 valence electrons. The Labute approximate surface area is 77.4 Å². The van der Waals surface area contributed by atoms with Gasteiger partial charge in [0.1, 0.15) is 6.33 Å². The van der Waals surface area contributed by atoms with Gasteiger partial charge >= 0.3 is 0 Å². The molecule has 1 heterocycles. The van der Waals surface area contributed by atoms with E-state index in [-0.39, 0.29) is 5.91 Å². The van der Waals surface area contributed by atoms with Crippen LogP contribution < -0.4 is 5.32 Å². The lowest BCUT2D eigenvalue weighted by Gasteiger charge is -2.01. The highest BCUT2D eigenvalue weighted by Crippen LogP contribution is 1.92. The molecule has 0 radical (unpaired) electrons. The fourth-order valence-corrected chi connectivity index (χ4v) is 0.930. The minimum absolute atomic E-state index is 0.0804. The van der Waals surface area contributed by atoms with Crippen LogP contribution in [0.25, 0.3) is 0 Å². The van der Waals surface area contributed by atoms with Gasteiger partial charge in [-0.1, -0.05) is 6.92 Å². The first-order valence-corrected chi connectivity index (χ1v) is 4.33. The van der Waals surface area contributed by atoms with Gasteiger partial charge in [-0.3, -0.25) is 4.79 Å². The molecular formula is C9H13N3O. The van der Waals surface area contributed by atoms with E-state index >= 15 is 0 Å². The Balaban J connectivity index is 2.24. The van der Waals surface area contributed by atoms with Gasteiger partial charge in [0, 0.05) is 25.4 Å². The van der Waals surface area contributed by atoms with Gasteiger partial charge < -0.3 is 5.32 Å². The number of carbonyl (C=O) groups excluding carboxylic acids is 1. The summed E-state index contributed by atoms with van der Waals surface area (Å²) >= 11 is 0. The van der Waals surface area contributed by atoms with Crippen molar-refractivity contribution < 1.29 is 4.79 Å². The van der Waals surface area contributed by atoms with Crippen LogP contribution in [0.1, 0.15) is 18.9 Å². The predicted octanol–water partition coefficient (Wildman–Crippen LogP) is 0.545. The van der Waals surface area contributed by atoms with Crippen molar-refractivity contribution >= 4 is 5.91 Å². The lowest BCUT2D eigenvalue weighted by Crippen LogP contribution is -2.24. The molecule has 0 spiro atoms. The first kappa shape index (κ1) is 9.64. The third-order valence-corrected chi connectivity index (χ3v) is 1.67. The maximum atomic E-state index is 10.9. The van der Waals surface area contributed by atoms with Gasteiger partial charge in [-0.2, -0.15) is 0 Å². The Hall–Kier alpha value is -1.45. The number of hydrogen-bond acceptors (Lipinski definition) is 3. The molecule has 1 amide bonds. The first-order valence-electron chi connectivity index (χ1n) is 4.33. The normalized spacial score (nSPS) is 9.62. The van der Waals surface area contributed by atoms with Crippen molar-refractivity contribution in [3.05, 3.63) is 24.3 Å². The lowest BCUT2D eigenvalue weighted by molar-refractivity contribution is -0.120. The van der Waals surface area contributed by atoms with Gasteiger partial charge in [0.05, 0.1) is 0 Å². The van der Waals surface area contributed by atoms with E-state index in [9.17, 15) is 4.79 Å². The van der Waals surface area contributed by atoms with Crippen LogP contribution in [-0.2, 0) is 11.2 Å². The smallest absolute Gasteiger partial charge is 0.219 e. The molecule has 0 aliphatic carbocycles. The molecule has 0 aliphatic rings. The van der Waals surface area contributed by atoms with Crippen LogP contribution in [0.4, 0.5) is 0 Å². The number of nitrogens with zero attached hydrogens (tertiary/aromatic N) is 2. The second-order valence-electron chi connectivity index (χ2n) is 2.70. The predicted molar refractivity (Wildman–Crippen MR) is 49.0 cm³/mol. The summed E-state index contributed by atoms with van der Waals surface area (Å²) in [5.41, 5.74) is 1.04. The number of aromatic nitrogens is 2. The van der Waals surface area contributed by atoms with E-state index in [0.717, 1.165) is 12.0 Å². The molecule has 0 bridgehead atoms. The van der Waals surface area contributed by atoms with E-state index in [1.807, 2.05) is 6.92 Å².